The van der Waals surface area contributed by atoms with Gasteiger partial charge in [-0.2, -0.15) is 0 Å². The minimum Gasteiger partial charge on any atom is -0.491 e. The Hall–Kier alpha value is -1.72. The molecule has 0 aliphatic heterocycles. The Bertz CT molecular complexity index is 587. The first kappa shape index (κ1) is 15.7. The Morgan fingerprint density at radius 1 is 1.10 bits per heavy atom. The van der Waals surface area contributed by atoms with E-state index in [2.05, 4.69) is 15.9 Å². The molecule has 1 unspecified atom stereocenters. The molecule has 0 fully saturated rings. The smallest absolute Gasteiger partial charge is 0.123 e. The van der Waals surface area contributed by atoms with Gasteiger partial charge in [0.05, 0.1) is 0 Å². The number of anilines is 1. The second-order valence-electron chi connectivity index (χ2n) is 4.75. The third kappa shape index (κ3) is 4.95. The van der Waals surface area contributed by atoms with Crippen molar-refractivity contribution < 1.29 is 14.6 Å². The SMILES string of the molecule is Cc1ccc(Br)cc1OCC(O)COc1ccc(N)cc1. The van der Waals surface area contributed by atoms with E-state index in [0.29, 0.717) is 11.4 Å². The van der Waals surface area contributed by atoms with Crippen LogP contribution < -0.4 is 15.2 Å². The van der Waals surface area contributed by atoms with Crippen molar-refractivity contribution in [3.8, 4) is 11.5 Å². The Morgan fingerprint density at radius 3 is 2.48 bits per heavy atom. The van der Waals surface area contributed by atoms with Gasteiger partial charge in [0.25, 0.3) is 0 Å². The summed E-state index contributed by atoms with van der Waals surface area (Å²) in [7, 11) is 0. The monoisotopic (exact) mass is 351 g/mol. The van der Waals surface area contributed by atoms with E-state index in [-0.39, 0.29) is 13.2 Å². The quantitative estimate of drug-likeness (QED) is 0.784. The van der Waals surface area contributed by atoms with Crippen molar-refractivity contribution in [1.82, 2.24) is 0 Å². The van der Waals surface area contributed by atoms with Crippen LogP contribution in [0, 0.1) is 6.92 Å². The standard InChI is InChI=1S/C16H18BrNO3/c1-11-2-3-12(17)8-16(11)21-10-14(19)9-20-15-6-4-13(18)5-7-15/h2-8,14,19H,9-10,18H2,1H3. The lowest BCUT2D eigenvalue weighted by molar-refractivity contribution is 0.0624. The molecule has 5 heteroatoms. The number of aliphatic hydroxyl groups excluding tert-OH is 1. The number of aliphatic hydroxyl groups is 1. The van der Waals surface area contributed by atoms with Crippen molar-refractivity contribution >= 4 is 21.6 Å². The molecule has 0 amide bonds. The lowest BCUT2D eigenvalue weighted by atomic mass is 10.2. The van der Waals surface area contributed by atoms with Crippen LogP contribution in [0.15, 0.2) is 46.9 Å². The van der Waals surface area contributed by atoms with Crippen LogP contribution in [0.5, 0.6) is 11.5 Å². The summed E-state index contributed by atoms with van der Waals surface area (Å²) in [4.78, 5) is 0. The molecule has 2 aromatic rings. The first-order valence-corrected chi connectivity index (χ1v) is 7.39. The van der Waals surface area contributed by atoms with Crippen molar-refractivity contribution in [3.05, 3.63) is 52.5 Å². The fourth-order valence-corrected chi connectivity index (χ4v) is 2.06. The number of hydrogen-bond donors (Lipinski definition) is 2. The molecule has 0 aliphatic rings. The molecule has 0 heterocycles. The maximum Gasteiger partial charge on any atom is 0.123 e. The van der Waals surface area contributed by atoms with Crippen molar-refractivity contribution in [2.24, 2.45) is 0 Å². The summed E-state index contributed by atoms with van der Waals surface area (Å²) < 4.78 is 12.0. The van der Waals surface area contributed by atoms with Crippen LogP contribution in [0.2, 0.25) is 0 Å². The molecular formula is C16H18BrNO3. The normalized spacial score (nSPS) is 12.0. The van der Waals surface area contributed by atoms with Crippen molar-refractivity contribution in [3.63, 3.8) is 0 Å². The maximum atomic E-state index is 9.90. The average molecular weight is 352 g/mol. The number of aryl methyl sites for hydroxylation is 1. The Morgan fingerprint density at radius 2 is 1.76 bits per heavy atom. The molecule has 112 valence electrons. The van der Waals surface area contributed by atoms with Gasteiger partial charge in [-0.05, 0) is 48.9 Å². The van der Waals surface area contributed by atoms with Crippen LogP contribution in [0.1, 0.15) is 5.56 Å². The molecule has 0 bridgehead atoms. The molecule has 0 spiro atoms. The van der Waals surface area contributed by atoms with Crippen molar-refractivity contribution in [2.75, 3.05) is 18.9 Å². The minimum absolute atomic E-state index is 0.164. The topological polar surface area (TPSA) is 64.7 Å². The first-order valence-electron chi connectivity index (χ1n) is 6.60. The highest BCUT2D eigenvalue weighted by Crippen LogP contribution is 2.23. The molecule has 0 radical (unpaired) electrons. The zero-order valence-corrected chi connectivity index (χ0v) is 13.3. The molecule has 1 atom stereocenters. The number of nitrogens with two attached hydrogens (primary N) is 1. The van der Waals surface area contributed by atoms with Gasteiger partial charge in [-0.3, -0.25) is 0 Å². The third-order valence-electron chi connectivity index (χ3n) is 2.90. The van der Waals surface area contributed by atoms with Gasteiger partial charge in [0, 0.05) is 10.2 Å². The summed E-state index contributed by atoms with van der Waals surface area (Å²) in [6.07, 6.45) is -0.707. The van der Waals surface area contributed by atoms with Gasteiger partial charge in [-0.1, -0.05) is 22.0 Å². The highest BCUT2D eigenvalue weighted by molar-refractivity contribution is 9.10. The number of benzene rings is 2. The Labute approximate surface area is 132 Å². The van der Waals surface area contributed by atoms with Gasteiger partial charge in [0.15, 0.2) is 0 Å². The van der Waals surface area contributed by atoms with E-state index in [1.807, 2.05) is 25.1 Å². The molecule has 2 aromatic carbocycles. The van der Waals surface area contributed by atoms with Gasteiger partial charge in [0.1, 0.15) is 30.8 Å². The highest BCUT2D eigenvalue weighted by Gasteiger charge is 2.08. The number of halogens is 1. The van der Waals surface area contributed by atoms with Gasteiger partial charge in [0.2, 0.25) is 0 Å². The highest BCUT2D eigenvalue weighted by atomic mass is 79.9. The number of rotatable bonds is 6. The van der Waals surface area contributed by atoms with Crippen molar-refractivity contribution in [1.29, 1.82) is 0 Å². The minimum atomic E-state index is -0.707. The molecule has 21 heavy (non-hydrogen) atoms. The van der Waals surface area contributed by atoms with Crippen LogP contribution in [0.4, 0.5) is 5.69 Å². The summed E-state index contributed by atoms with van der Waals surface area (Å²) in [6, 6.07) is 12.8. The second kappa shape index (κ2) is 7.33. The molecule has 2 rings (SSSR count). The lowest BCUT2D eigenvalue weighted by Crippen LogP contribution is -2.25. The Balaban J connectivity index is 1.80. The zero-order chi connectivity index (χ0) is 15.2. The fraction of sp³-hybridized carbons (Fsp3) is 0.250. The molecule has 0 aliphatic carbocycles. The molecular weight excluding hydrogens is 334 g/mol. The van der Waals surface area contributed by atoms with Crippen LogP contribution in [0.25, 0.3) is 0 Å². The van der Waals surface area contributed by atoms with E-state index in [9.17, 15) is 5.11 Å². The maximum absolute atomic E-state index is 9.90. The second-order valence-corrected chi connectivity index (χ2v) is 5.67. The lowest BCUT2D eigenvalue weighted by Gasteiger charge is -2.15. The summed E-state index contributed by atoms with van der Waals surface area (Å²) >= 11 is 3.39. The fourth-order valence-electron chi connectivity index (χ4n) is 1.72. The predicted octanol–water partition coefficient (Wildman–Crippen LogP) is 3.16. The molecule has 3 N–H and O–H groups in total. The van der Waals surface area contributed by atoms with E-state index < -0.39 is 6.10 Å². The van der Waals surface area contributed by atoms with Crippen LogP contribution in [-0.4, -0.2) is 24.4 Å². The number of ether oxygens (including phenoxy) is 2. The predicted molar refractivity (Wildman–Crippen MR) is 86.7 cm³/mol. The van der Waals surface area contributed by atoms with E-state index in [1.165, 1.54) is 0 Å². The van der Waals surface area contributed by atoms with E-state index >= 15 is 0 Å². The van der Waals surface area contributed by atoms with Crippen LogP contribution in [0.3, 0.4) is 0 Å². The first-order chi connectivity index (χ1) is 10.0. The van der Waals surface area contributed by atoms with Crippen LogP contribution in [-0.2, 0) is 0 Å². The average Bonchev–Trinajstić information content (AvgIpc) is 2.47. The van der Waals surface area contributed by atoms with E-state index in [0.717, 1.165) is 15.8 Å². The summed E-state index contributed by atoms with van der Waals surface area (Å²) in [6.45, 7) is 2.29. The van der Waals surface area contributed by atoms with Crippen LogP contribution >= 0.6 is 15.9 Å². The summed E-state index contributed by atoms with van der Waals surface area (Å²) in [5.41, 5.74) is 7.29. The van der Waals surface area contributed by atoms with Gasteiger partial charge in [-0.25, -0.2) is 0 Å². The third-order valence-corrected chi connectivity index (χ3v) is 3.40. The molecule has 4 nitrogen and oxygen atoms in total. The van der Waals surface area contributed by atoms with Gasteiger partial charge < -0.3 is 20.3 Å². The van der Waals surface area contributed by atoms with E-state index in [4.69, 9.17) is 15.2 Å². The molecule has 0 saturated carbocycles. The molecule has 0 saturated heterocycles. The van der Waals surface area contributed by atoms with Gasteiger partial charge >= 0.3 is 0 Å². The summed E-state index contributed by atoms with van der Waals surface area (Å²) in [5.74, 6) is 1.41. The number of hydrogen-bond acceptors (Lipinski definition) is 4. The Kier molecular flexibility index (Phi) is 5.47. The molecule has 0 aromatic heterocycles. The largest absolute Gasteiger partial charge is 0.491 e. The zero-order valence-electron chi connectivity index (χ0n) is 11.8. The number of nitrogen functional groups attached to an aromatic ring is 1. The summed E-state index contributed by atoms with van der Waals surface area (Å²) in [5, 5.41) is 9.90. The van der Waals surface area contributed by atoms with Gasteiger partial charge in [-0.15, -0.1) is 0 Å². The van der Waals surface area contributed by atoms with Crippen molar-refractivity contribution in [2.45, 2.75) is 13.0 Å². The van der Waals surface area contributed by atoms with E-state index in [1.54, 1.807) is 24.3 Å².